The first-order chi connectivity index (χ1) is 38.5. The van der Waals surface area contributed by atoms with Gasteiger partial charge in [-0.3, -0.25) is 0 Å². The highest BCUT2D eigenvalue weighted by Crippen LogP contribution is 2.39. The highest BCUT2D eigenvalue weighted by Gasteiger charge is 2.17. The number of aryl methyl sites for hydroxylation is 3. The van der Waals surface area contributed by atoms with Crippen LogP contribution in [0.3, 0.4) is 0 Å². The van der Waals surface area contributed by atoms with Crippen LogP contribution < -0.4 is 0 Å². The zero-order valence-electron chi connectivity index (χ0n) is 44.1. The molecule has 0 saturated carbocycles. The summed E-state index contributed by atoms with van der Waals surface area (Å²) in [5, 5.41) is 7.85. The van der Waals surface area contributed by atoms with E-state index < -0.39 is 0 Å². The largest absolute Gasteiger partial charge is 0.309 e. The third-order valence-electron chi connectivity index (χ3n) is 15.3. The Balaban J connectivity index is 0.000000111. The summed E-state index contributed by atoms with van der Waals surface area (Å²) < 4.78 is 7.12. The van der Waals surface area contributed by atoms with Crippen LogP contribution >= 0.6 is 0 Å². The molecule has 0 radical (unpaired) electrons. The minimum atomic E-state index is 1.20. The quantitative estimate of drug-likeness (QED) is 0.158. The number of aromatic nitrogens is 3. The van der Waals surface area contributed by atoms with E-state index in [2.05, 4.69) is 326 Å². The van der Waals surface area contributed by atoms with Gasteiger partial charge in [-0.15, -0.1) is 0 Å². The molecule has 78 heavy (non-hydrogen) atoms. The molecule has 0 N–H and O–H groups in total. The van der Waals surface area contributed by atoms with E-state index >= 15 is 0 Å². The SMILES string of the molecule is Cc1ccc2c3cc(-c4ccccc4)ccc3n(-c3ccccc3)c2c1.Cc1cccc2c1c1cc(-c3ccccc3)ccc1n2-c1ccccc1.Cc1cccc2c3cc(-c4ccccc4)ccc3n(-c3ccccc3)c12. The van der Waals surface area contributed by atoms with Crippen LogP contribution in [0.4, 0.5) is 0 Å². The Labute approximate surface area is 455 Å². The fourth-order valence-corrected chi connectivity index (χ4v) is 11.6. The molecule has 15 rings (SSSR count). The molecule has 0 aliphatic heterocycles. The van der Waals surface area contributed by atoms with Gasteiger partial charge in [-0.2, -0.15) is 0 Å². The van der Waals surface area contributed by atoms with Crippen LogP contribution in [0.2, 0.25) is 0 Å². The Morgan fingerprint density at radius 1 is 0.218 bits per heavy atom. The van der Waals surface area contributed by atoms with E-state index in [1.54, 1.807) is 0 Å². The van der Waals surface area contributed by atoms with E-state index in [1.807, 2.05) is 0 Å². The fourth-order valence-electron chi connectivity index (χ4n) is 11.6. The molecule has 3 nitrogen and oxygen atoms in total. The lowest BCUT2D eigenvalue weighted by Gasteiger charge is -2.09. The fraction of sp³-hybridized carbons (Fsp3) is 0.0400. The van der Waals surface area contributed by atoms with E-state index in [0.717, 1.165) is 0 Å². The molecule has 0 bridgehead atoms. The van der Waals surface area contributed by atoms with Gasteiger partial charge in [0.25, 0.3) is 0 Å². The molecule has 0 saturated heterocycles. The van der Waals surface area contributed by atoms with Crippen molar-refractivity contribution in [3.8, 4) is 50.4 Å². The van der Waals surface area contributed by atoms with Crippen molar-refractivity contribution in [3.05, 3.63) is 308 Å². The average molecular weight is 1000 g/mol. The molecule has 0 unspecified atom stereocenters. The summed E-state index contributed by atoms with van der Waals surface area (Å²) in [6, 6.07) is 104. The van der Waals surface area contributed by atoms with Gasteiger partial charge in [0.2, 0.25) is 0 Å². The molecule has 0 fully saturated rings. The van der Waals surface area contributed by atoms with Crippen molar-refractivity contribution in [3.63, 3.8) is 0 Å². The Morgan fingerprint density at radius 2 is 0.615 bits per heavy atom. The van der Waals surface area contributed by atoms with Gasteiger partial charge < -0.3 is 13.7 Å². The van der Waals surface area contributed by atoms with Gasteiger partial charge in [0.05, 0.1) is 33.1 Å². The molecular formula is C75H57N3. The first kappa shape index (κ1) is 47.7. The van der Waals surface area contributed by atoms with Crippen LogP contribution in [0.5, 0.6) is 0 Å². The standard InChI is InChI=1S/3C25H19N/c1-18-9-8-14-24-25(18)22-17-20(19-10-4-2-5-11-19)15-16-23(22)26(24)21-12-6-3-7-13-21;1-18-9-8-14-22-23-17-20(19-10-4-2-5-11-19)15-16-24(23)26(25(18)22)21-12-6-3-7-13-21;1-18-12-14-22-23-17-20(19-8-4-2-5-9-19)13-15-24(23)26(25(22)16-18)21-10-6-3-7-11-21/h3*2-17H,1H3. The van der Waals surface area contributed by atoms with Crippen molar-refractivity contribution < 1.29 is 0 Å². The van der Waals surface area contributed by atoms with E-state index in [1.165, 1.54) is 133 Å². The molecule has 0 spiro atoms. The summed E-state index contributed by atoms with van der Waals surface area (Å²) >= 11 is 0. The minimum absolute atomic E-state index is 1.20. The van der Waals surface area contributed by atoms with Gasteiger partial charge in [0, 0.05) is 49.4 Å². The number of hydrogen-bond donors (Lipinski definition) is 0. The van der Waals surface area contributed by atoms with Gasteiger partial charge in [0.15, 0.2) is 0 Å². The molecule has 0 amide bonds. The number of hydrogen-bond acceptors (Lipinski definition) is 0. The molecule has 372 valence electrons. The summed E-state index contributed by atoms with van der Waals surface area (Å²) in [6.45, 7) is 6.55. The second-order valence-electron chi connectivity index (χ2n) is 20.3. The second kappa shape index (κ2) is 20.6. The van der Waals surface area contributed by atoms with Crippen molar-refractivity contribution >= 4 is 65.4 Å². The van der Waals surface area contributed by atoms with Crippen molar-refractivity contribution in [1.82, 2.24) is 13.7 Å². The average Bonchev–Trinajstić information content (AvgIpc) is 4.36. The highest BCUT2D eigenvalue weighted by atomic mass is 15.0. The van der Waals surface area contributed by atoms with Crippen LogP contribution in [0.25, 0.3) is 116 Å². The first-order valence-corrected chi connectivity index (χ1v) is 26.9. The lowest BCUT2D eigenvalue weighted by Crippen LogP contribution is -1.94. The molecular weight excluding hydrogens is 943 g/mol. The number of benzene rings is 12. The number of para-hydroxylation sites is 4. The maximum absolute atomic E-state index is 2.38. The highest BCUT2D eigenvalue weighted by molar-refractivity contribution is 6.13. The third-order valence-corrected chi connectivity index (χ3v) is 15.3. The number of nitrogens with zero attached hydrogens (tertiary/aromatic N) is 3. The van der Waals surface area contributed by atoms with Crippen LogP contribution in [-0.4, -0.2) is 13.7 Å². The predicted molar refractivity (Wildman–Crippen MR) is 333 cm³/mol. The molecule has 3 heterocycles. The molecule has 3 aromatic heterocycles. The molecule has 0 aliphatic carbocycles. The van der Waals surface area contributed by atoms with Gasteiger partial charge >= 0.3 is 0 Å². The molecule has 3 heteroatoms. The van der Waals surface area contributed by atoms with Crippen molar-refractivity contribution in [1.29, 1.82) is 0 Å². The van der Waals surface area contributed by atoms with Crippen LogP contribution in [-0.2, 0) is 0 Å². The van der Waals surface area contributed by atoms with E-state index in [9.17, 15) is 0 Å². The summed E-state index contributed by atoms with van der Waals surface area (Å²) in [5.74, 6) is 0. The van der Waals surface area contributed by atoms with Crippen molar-refractivity contribution in [2.75, 3.05) is 0 Å². The van der Waals surface area contributed by atoms with Gasteiger partial charge in [-0.05, 0) is 156 Å². The van der Waals surface area contributed by atoms with Crippen molar-refractivity contribution in [2.24, 2.45) is 0 Å². The molecule has 0 atom stereocenters. The molecule has 15 aromatic rings. The van der Waals surface area contributed by atoms with Gasteiger partial charge in [0.1, 0.15) is 0 Å². The maximum atomic E-state index is 2.38. The Bertz CT molecular complexity index is 4540. The summed E-state index contributed by atoms with van der Waals surface area (Å²) in [4.78, 5) is 0. The Morgan fingerprint density at radius 3 is 1.13 bits per heavy atom. The monoisotopic (exact) mass is 999 g/mol. The minimum Gasteiger partial charge on any atom is -0.309 e. The zero-order valence-corrected chi connectivity index (χ0v) is 44.1. The smallest absolute Gasteiger partial charge is 0.0570 e. The normalized spacial score (nSPS) is 11.3. The van der Waals surface area contributed by atoms with Gasteiger partial charge in [-0.1, -0.05) is 206 Å². The Kier molecular flexibility index (Phi) is 12.6. The lowest BCUT2D eigenvalue weighted by molar-refractivity contribution is 1.17. The number of fused-ring (bicyclic) bond motifs is 9. The topological polar surface area (TPSA) is 14.8 Å². The second-order valence-corrected chi connectivity index (χ2v) is 20.3. The van der Waals surface area contributed by atoms with Crippen LogP contribution in [0.1, 0.15) is 16.7 Å². The number of rotatable bonds is 6. The third kappa shape index (κ3) is 8.81. The van der Waals surface area contributed by atoms with E-state index in [-0.39, 0.29) is 0 Å². The van der Waals surface area contributed by atoms with Gasteiger partial charge in [-0.25, -0.2) is 0 Å². The lowest BCUT2D eigenvalue weighted by atomic mass is 10.0. The predicted octanol–water partition coefficient (Wildman–Crippen LogP) is 20.3. The van der Waals surface area contributed by atoms with E-state index in [4.69, 9.17) is 0 Å². The Hall–Kier alpha value is -9.96. The summed E-state index contributed by atoms with van der Waals surface area (Å²) in [5.41, 5.74) is 22.6. The first-order valence-electron chi connectivity index (χ1n) is 26.9. The van der Waals surface area contributed by atoms with Crippen LogP contribution in [0.15, 0.2) is 291 Å². The zero-order chi connectivity index (χ0) is 52.5. The summed E-state index contributed by atoms with van der Waals surface area (Å²) in [7, 11) is 0. The summed E-state index contributed by atoms with van der Waals surface area (Å²) in [6.07, 6.45) is 0. The van der Waals surface area contributed by atoms with E-state index in [0.29, 0.717) is 0 Å². The molecule has 0 aliphatic rings. The van der Waals surface area contributed by atoms with Crippen molar-refractivity contribution in [2.45, 2.75) is 20.8 Å². The molecule has 12 aromatic carbocycles. The maximum Gasteiger partial charge on any atom is 0.0570 e. The van der Waals surface area contributed by atoms with Crippen LogP contribution in [0, 0.1) is 20.8 Å².